The zero-order valence-corrected chi connectivity index (χ0v) is 22.9. The summed E-state index contributed by atoms with van der Waals surface area (Å²) in [4.78, 5) is 39.0. The van der Waals surface area contributed by atoms with Crippen molar-refractivity contribution in [1.82, 2.24) is 29.8 Å². The average Bonchev–Trinajstić information content (AvgIpc) is 3.44. The fourth-order valence-electron chi connectivity index (χ4n) is 4.77. The van der Waals surface area contributed by atoms with Gasteiger partial charge in [0, 0.05) is 44.1 Å². The first-order valence-electron chi connectivity index (χ1n) is 13.5. The molecule has 2 aliphatic rings. The molecule has 2 aliphatic heterocycles. The van der Waals surface area contributed by atoms with Gasteiger partial charge in [-0.2, -0.15) is 0 Å². The standard InChI is InChI=1S/C29H31FN8O3/c1-29(27(39)33-21-4-3-10-31-16-21)17-40-26(41-18-29)25-35-23(19-5-7-20(30)8-6-19)24(36-25)22-9-11-32-28(34-22)38-14-12-37(2)13-15-38/h3-11,16,26H,12-15,17-18H2,1-2H3,(H,33,39)(H,35,36). The van der Waals surface area contributed by atoms with E-state index in [2.05, 4.69) is 37.1 Å². The number of piperazine rings is 1. The van der Waals surface area contributed by atoms with Crippen molar-refractivity contribution in [3.63, 3.8) is 0 Å². The van der Waals surface area contributed by atoms with Gasteiger partial charge in [0.15, 0.2) is 5.82 Å². The maximum atomic E-state index is 13.7. The minimum atomic E-state index is -0.911. The van der Waals surface area contributed by atoms with Gasteiger partial charge in [-0.1, -0.05) is 0 Å². The van der Waals surface area contributed by atoms with Crippen LogP contribution < -0.4 is 10.2 Å². The van der Waals surface area contributed by atoms with Crippen LogP contribution in [0.2, 0.25) is 0 Å². The largest absolute Gasteiger partial charge is 0.345 e. The number of nitrogens with one attached hydrogen (secondary N) is 2. The molecule has 2 saturated heterocycles. The van der Waals surface area contributed by atoms with Crippen molar-refractivity contribution >= 4 is 17.5 Å². The van der Waals surface area contributed by atoms with Crippen LogP contribution in [0.4, 0.5) is 16.0 Å². The van der Waals surface area contributed by atoms with Crippen molar-refractivity contribution < 1.29 is 18.7 Å². The Morgan fingerprint density at radius 3 is 2.51 bits per heavy atom. The van der Waals surface area contributed by atoms with Crippen LogP contribution in [-0.2, 0) is 14.3 Å². The number of likely N-dealkylation sites (N-methyl/N-ethyl adjacent to an activating group) is 1. The molecule has 0 atom stereocenters. The number of carbonyl (C=O) groups is 1. The van der Waals surface area contributed by atoms with Gasteiger partial charge in [0.2, 0.25) is 18.1 Å². The van der Waals surface area contributed by atoms with Gasteiger partial charge in [0.05, 0.1) is 47.6 Å². The number of anilines is 2. The number of aromatic nitrogens is 5. The highest BCUT2D eigenvalue weighted by molar-refractivity contribution is 5.95. The summed E-state index contributed by atoms with van der Waals surface area (Å²) in [5.74, 6) is 0.493. The first-order valence-corrected chi connectivity index (χ1v) is 13.5. The molecular weight excluding hydrogens is 527 g/mol. The van der Waals surface area contributed by atoms with E-state index in [1.165, 1.54) is 12.1 Å². The first kappa shape index (κ1) is 26.9. The molecule has 0 bridgehead atoms. The summed E-state index contributed by atoms with van der Waals surface area (Å²) in [5.41, 5.74) is 2.26. The zero-order valence-electron chi connectivity index (χ0n) is 22.9. The molecule has 6 rings (SSSR count). The van der Waals surface area contributed by atoms with Crippen LogP contribution in [0.15, 0.2) is 61.1 Å². The number of carbonyl (C=O) groups excluding carboxylic acids is 1. The molecule has 0 saturated carbocycles. The molecule has 12 heteroatoms. The predicted molar refractivity (Wildman–Crippen MR) is 150 cm³/mol. The Morgan fingerprint density at radius 2 is 1.80 bits per heavy atom. The second-order valence-corrected chi connectivity index (χ2v) is 10.6. The Balaban J connectivity index is 1.26. The Hall–Kier alpha value is -4.26. The summed E-state index contributed by atoms with van der Waals surface area (Å²) in [7, 11) is 2.10. The van der Waals surface area contributed by atoms with Crippen molar-refractivity contribution in [2.75, 3.05) is 56.7 Å². The van der Waals surface area contributed by atoms with Crippen molar-refractivity contribution in [2.24, 2.45) is 5.41 Å². The summed E-state index contributed by atoms with van der Waals surface area (Å²) in [5, 5.41) is 2.87. The molecule has 11 nitrogen and oxygen atoms in total. The summed E-state index contributed by atoms with van der Waals surface area (Å²) in [6, 6.07) is 11.5. The highest BCUT2D eigenvalue weighted by atomic mass is 19.1. The minimum Gasteiger partial charge on any atom is -0.345 e. The molecule has 0 spiro atoms. The molecule has 1 aromatic carbocycles. The summed E-state index contributed by atoms with van der Waals surface area (Å²) in [6.07, 6.45) is 4.12. The molecule has 2 N–H and O–H groups in total. The summed E-state index contributed by atoms with van der Waals surface area (Å²) >= 11 is 0. The van der Waals surface area contributed by atoms with E-state index in [1.54, 1.807) is 49.8 Å². The van der Waals surface area contributed by atoms with E-state index >= 15 is 0 Å². The van der Waals surface area contributed by atoms with Gasteiger partial charge in [-0.15, -0.1) is 0 Å². The molecule has 1 amide bonds. The topological polar surface area (TPSA) is 121 Å². The third-order valence-corrected chi connectivity index (χ3v) is 7.32. The Labute approximate surface area is 236 Å². The third kappa shape index (κ3) is 5.80. The lowest BCUT2D eigenvalue weighted by molar-refractivity contribution is -0.229. The van der Waals surface area contributed by atoms with Gasteiger partial charge in [0.1, 0.15) is 5.82 Å². The smallest absolute Gasteiger partial charge is 0.235 e. The van der Waals surface area contributed by atoms with Crippen molar-refractivity contribution in [3.8, 4) is 22.6 Å². The number of pyridine rings is 1. The molecule has 2 fully saturated rings. The number of nitrogens with zero attached hydrogens (tertiary/aromatic N) is 6. The molecular formula is C29H31FN8O3. The number of halogens is 1. The quantitative estimate of drug-likeness (QED) is 0.366. The fourth-order valence-corrected chi connectivity index (χ4v) is 4.77. The minimum absolute atomic E-state index is 0.118. The lowest BCUT2D eigenvalue weighted by Crippen LogP contribution is -2.45. The lowest BCUT2D eigenvalue weighted by atomic mass is 9.91. The van der Waals surface area contributed by atoms with E-state index < -0.39 is 11.7 Å². The Kier molecular flexibility index (Phi) is 7.43. The van der Waals surface area contributed by atoms with Crippen LogP contribution in [-0.4, -0.2) is 82.2 Å². The molecule has 5 heterocycles. The zero-order chi connectivity index (χ0) is 28.4. The maximum Gasteiger partial charge on any atom is 0.235 e. The molecule has 212 valence electrons. The monoisotopic (exact) mass is 558 g/mol. The van der Waals surface area contributed by atoms with E-state index in [9.17, 15) is 9.18 Å². The van der Waals surface area contributed by atoms with Crippen LogP contribution >= 0.6 is 0 Å². The number of hydrogen-bond acceptors (Lipinski definition) is 9. The number of benzene rings is 1. The van der Waals surface area contributed by atoms with Crippen molar-refractivity contribution in [3.05, 3.63) is 72.7 Å². The number of ether oxygens (including phenoxy) is 2. The van der Waals surface area contributed by atoms with Crippen LogP contribution in [0.25, 0.3) is 22.6 Å². The summed E-state index contributed by atoms with van der Waals surface area (Å²) < 4.78 is 25.8. The predicted octanol–water partition coefficient (Wildman–Crippen LogP) is 3.51. The van der Waals surface area contributed by atoms with Gasteiger partial charge < -0.3 is 29.6 Å². The number of hydrogen-bond donors (Lipinski definition) is 2. The highest BCUT2D eigenvalue weighted by Crippen LogP contribution is 2.36. The molecule has 3 aromatic heterocycles. The van der Waals surface area contributed by atoms with Crippen LogP contribution in [0.5, 0.6) is 0 Å². The molecule has 0 aliphatic carbocycles. The Morgan fingerprint density at radius 1 is 1.05 bits per heavy atom. The lowest BCUT2D eigenvalue weighted by Gasteiger charge is -2.35. The number of amides is 1. The van der Waals surface area contributed by atoms with Crippen molar-refractivity contribution in [1.29, 1.82) is 0 Å². The normalized spacial score (nSPS) is 21.5. The second-order valence-electron chi connectivity index (χ2n) is 10.6. The van der Waals surface area contributed by atoms with Gasteiger partial charge >= 0.3 is 0 Å². The maximum absolute atomic E-state index is 13.7. The van der Waals surface area contributed by atoms with E-state index in [0.29, 0.717) is 40.1 Å². The van der Waals surface area contributed by atoms with Crippen LogP contribution in [0.3, 0.4) is 0 Å². The molecule has 0 radical (unpaired) electrons. The number of aromatic amines is 1. The first-order chi connectivity index (χ1) is 19.9. The fraction of sp³-hybridized carbons (Fsp3) is 0.345. The van der Waals surface area contributed by atoms with Crippen LogP contribution in [0, 0.1) is 11.2 Å². The van der Waals surface area contributed by atoms with E-state index in [0.717, 1.165) is 26.2 Å². The van der Waals surface area contributed by atoms with Crippen LogP contribution in [0.1, 0.15) is 19.0 Å². The van der Waals surface area contributed by atoms with Gasteiger partial charge in [-0.05, 0) is 56.4 Å². The summed E-state index contributed by atoms with van der Waals surface area (Å²) in [6.45, 7) is 5.54. The van der Waals surface area contributed by atoms with Gasteiger partial charge in [-0.3, -0.25) is 9.78 Å². The SMILES string of the molecule is CN1CCN(c2nccc(-c3[nH]c(C4OCC(C)(C(=O)Nc5cccnc5)CO4)nc3-c3ccc(F)cc3)n2)CC1. The van der Waals surface area contributed by atoms with E-state index in [1.807, 2.05) is 6.07 Å². The number of rotatable bonds is 6. The van der Waals surface area contributed by atoms with Crippen molar-refractivity contribution in [2.45, 2.75) is 13.2 Å². The number of imidazole rings is 1. The van der Waals surface area contributed by atoms with Gasteiger partial charge in [-0.25, -0.2) is 19.3 Å². The van der Waals surface area contributed by atoms with E-state index in [4.69, 9.17) is 19.4 Å². The molecule has 4 aromatic rings. The van der Waals surface area contributed by atoms with E-state index in [-0.39, 0.29) is 24.9 Å². The second kappa shape index (κ2) is 11.3. The number of H-pyrrole nitrogens is 1. The third-order valence-electron chi connectivity index (χ3n) is 7.32. The molecule has 41 heavy (non-hydrogen) atoms. The average molecular weight is 559 g/mol. The Bertz CT molecular complexity index is 1500. The van der Waals surface area contributed by atoms with Gasteiger partial charge in [0.25, 0.3) is 0 Å². The molecule has 0 unspecified atom stereocenters. The highest BCUT2D eigenvalue weighted by Gasteiger charge is 2.41.